The van der Waals surface area contributed by atoms with Gasteiger partial charge in [0.15, 0.2) is 0 Å². The number of fused-ring (bicyclic) bond motifs is 1. The Balaban J connectivity index is 2.46. The minimum atomic E-state index is 0.297. The molecule has 0 aliphatic carbocycles. The molecule has 1 atom stereocenters. The summed E-state index contributed by atoms with van der Waals surface area (Å²) in [6.07, 6.45) is 3.41. The molecule has 0 aromatic carbocycles. The molecule has 2 heterocycles. The van der Waals surface area contributed by atoms with Gasteiger partial charge >= 0.3 is 0 Å². The molecule has 2 aromatic rings. The summed E-state index contributed by atoms with van der Waals surface area (Å²) in [5.41, 5.74) is 7.42. The Labute approximate surface area is 88.7 Å². The molecule has 1 unspecified atom stereocenters. The van der Waals surface area contributed by atoms with Crippen LogP contribution in [-0.2, 0) is 0 Å². The van der Waals surface area contributed by atoms with Crippen molar-refractivity contribution in [1.29, 1.82) is 0 Å². The molecule has 0 aliphatic rings. The first-order valence-electron chi connectivity index (χ1n) is 4.99. The van der Waals surface area contributed by atoms with E-state index in [1.165, 1.54) is 0 Å². The first kappa shape index (κ1) is 9.98. The van der Waals surface area contributed by atoms with Crippen LogP contribution in [0.2, 0.25) is 0 Å². The van der Waals surface area contributed by atoms with Crippen molar-refractivity contribution in [2.75, 3.05) is 18.5 Å². The zero-order valence-electron chi connectivity index (χ0n) is 8.97. The molecule has 4 nitrogen and oxygen atoms in total. The van der Waals surface area contributed by atoms with E-state index in [9.17, 15) is 0 Å². The fourth-order valence-electron chi connectivity index (χ4n) is 1.56. The van der Waals surface area contributed by atoms with E-state index in [0.717, 1.165) is 11.1 Å². The highest BCUT2D eigenvalue weighted by molar-refractivity contribution is 5.88. The molecular formula is C11H15N3O. The van der Waals surface area contributed by atoms with E-state index in [-0.39, 0.29) is 0 Å². The van der Waals surface area contributed by atoms with Crippen molar-refractivity contribution in [2.45, 2.75) is 13.0 Å². The second-order valence-corrected chi connectivity index (χ2v) is 3.67. The van der Waals surface area contributed by atoms with Crippen molar-refractivity contribution < 1.29 is 4.42 Å². The molecule has 2 aromatic heterocycles. The van der Waals surface area contributed by atoms with Gasteiger partial charge in [-0.15, -0.1) is 0 Å². The SMILES string of the molecule is CC(CN)N(C)c1ccnc2occc12. The number of furan rings is 1. The van der Waals surface area contributed by atoms with Crippen molar-refractivity contribution >= 4 is 16.8 Å². The molecule has 4 heteroatoms. The van der Waals surface area contributed by atoms with E-state index in [1.807, 2.05) is 19.2 Å². The second kappa shape index (κ2) is 3.90. The standard InChI is InChI=1S/C11H15N3O/c1-8(7-12)14(2)10-3-5-13-11-9(10)4-6-15-11/h3-6,8H,7,12H2,1-2H3. The maximum atomic E-state index is 5.65. The third-order valence-electron chi connectivity index (χ3n) is 2.73. The van der Waals surface area contributed by atoms with Gasteiger partial charge in [0.25, 0.3) is 0 Å². The predicted molar refractivity (Wildman–Crippen MR) is 60.9 cm³/mol. The van der Waals surface area contributed by atoms with Crippen LogP contribution >= 0.6 is 0 Å². The Kier molecular flexibility index (Phi) is 2.60. The van der Waals surface area contributed by atoms with Crippen molar-refractivity contribution in [1.82, 2.24) is 4.98 Å². The summed E-state index contributed by atoms with van der Waals surface area (Å²) in [7, 11) is 2.03. The minimum Gasteiger partial charge on any atom is -0.446 e. The number of hydrogen-bond acceptors (Lipinski definition) is 4. The Bertz CT molecular complexity index is 452. The molecule has 0 saturated carbocycles. The highest BCUT2D eigenvalue weighted by Gasteiger charge is 2.12. The van der Waals surface area contributed by atoms with Crippen LogP contribution < -0.4 is 10.6 Å². The quantitative estimate of drug-likeness (QED) is 0.827. The lowest BCUT2D eigenvalue weighted by Gasteiger charge is -2.26. The van der Waals surface area contributed by atoms with Gasteiger partial charge in [-0.05, 0) is 19.1 Å². The molecular weight excluding hydrogens is 190 g/mol. The largest absolute Gasteiger partial charge is 0.446 e. The number of likely N-dealkylation sites (N-methyl/N-ethyl adjacent to an activating group) is 1. The summed E-state index contributed by atoms with van der Waals surface area (Å²) < 4.78 is 5.25. The van der Waals surface area contributed by atoms with E-state index < -0.39 is 0 Å². The van der Waals surface area contributed by atoms with Crippen molar-refractivity contribution in [2.24, 2.45) is 5.73 Å². The van der Waals surface area contributed by atoms with E-state index in [2.05, 4.69) is 16.8 Å². The van der Waals surface area contributed by atoms with Crippen LogP contribution in [0.25, 0.3) is 11.1 Å². The van der Waals surface area contributed by atoms with Crippen LogP contribution in [-0.4, -0.2) is 24.6 Å². The second-order valence-electron chi connectivity index (χ2n) is 3.67. The smallest absolute Gasteiger partial charge is 0.227 e. The maximum absolute atomic E-state index is 5.65. The molecule has 0 amide bonds. The van der Waals surface area contributed by atoms with E-state index in [1.54, 1.807) is 12.5 Å². The van der Waals surface area contributed by atoms with Crippen molar-refractivity contribution in [3.63, 3.8) is 0 Å². The van der Waals surface area contributed by atoms with Gasteiger partial charge in [-0.3, -0.25) is 0 Å². The monoisotopic (exact) mass is 205 g/mol. The number of rotatable bonds is 3. The number of hydrogen-bond donors (Lipinski definition) is 1. The molecule has 0 fully saturated rings. The lowest BCUT2D eigenvalue weighted by atomic mass is 10.2. The van der Waals surface area contributed by atoms with Gasteiger partial charge < -0.3 is 15.1 Å². The van der Waals surface area contributed by atoms with Gasteiger partial charge in [-0.1, -0.05) is 0 Å². The molecule has 0 spiro atoms. The van der Waals surface area contributed by atoms with Crippen LogP contribution in [0, 0.1) is 0 Å². The fraction of sp³-hybridized carbons (Fsp3) is 0.364. The van der Waals surface area contributed by atoms with Crippen molar-refractivity contribution in [3.05, 3.63) is 24.6 Å². The average molecular weight is 205 g/mol. The van der Waals surface area contributed by atoms with Crippen LogP contribution in [0.5, 0.6) is 0 Å². The van der Waals surface area contributed by atoms with E-state index in [0.29, 0.717) is 18.3 Å². The van der Waals surface area contributed by atoms with Gasteiger partial charge in [0, 0.05) is 25.8 Å². The first-order valence-corrected chi connectivity index (χ1v) is 4.99. The Morgan fingerprint density at radius 1 is 1.53 bits per heavy atom. The molecule has 0 saturated heterocycles. The Morgan fingerprint density at radius 2 is 2.33 bits per heavy atom. The summed E-state index contributed by atoms with van der Waals surface area (Å²) in [6.45, 7) is 2.71. The van der Waals surface area contributed by atoms with Crippen LogP contribution in [0.3, 0.4) is 0 Å². The molecule has 0 radical (unpaired) electrons. The predicted octanol–water partition coefficient (Wildman–Crippen LogP) is 1.61. The number of pyridine rings is 1. The Hall–Kier alpha value is -1.55. The third kappa shape index (κ3) is 1.68. The average Bonchev–Trinajstić information content (AvgIpc) is 2.74. The van der Waals surface area contributed by atoms with Gasteiger partial charge in [-0.2, -0.15) is 0 Å². The van der Waals surface area contributed by atoms with E-state index >= 15 is 0 Å². The van der Waals surface area contributed by atoms with Gasteiger partial charge in [0.1, 0.15) is 0 Å². The topological polar surface area (TPSA) is 55.3 Å². The highest BCUT2D eigenvalue weighted by atomic mass is 16.3. The summed E-state index contributed by atoms with van der Waals surface area (Å²) in [4.78, 5) is 6.28. The summed E-state index contributed by atoms with van der Waals surface area (Å²) >= 11 is 0. The summed E-state index contributed by atoms with van der Waals surface area (Å²) in [5, 5.41) is 1.03. The van der Waals surface area contributed by atoms with Crippen molar-refractivity contribution in [3.8, 4) is 0 Å². The molecule has 0 aliphatic heterocycles. The highest BCUT2D eigenvalue weighted by Crippen LogP contribution is 2.25. The molecule has 80 valence electrons. The summed E-state index contributed by atoms with van der Waals surface area (Å²) in [6, 6.07) is 4.20. The lowest BCUT2D eigenvalue weighted by molar-refractivity contribution is 0.603. The van der Waals surface area contributed by atoms with Gasteiger partial charge in [0.05, 0.1) is 17.3 Å². The normalized spacial score (nSPS) is 13.0. The van der Waals surface area contributed by atoms with Gasteiger partial charge in [0.2, 0.25) is 5.71 Å². The molecule has 0 bridgehead atoms. The van der Waals surface area contributed by atoms with Gasteiger partial charge in [-0.25, -0.2) is 4.98 Å². The summed E-state index contributed by atoms with van der Waals surface area (Å²) in [5.74, 6) is 0. The van der Waals surface area contributed by atoms with Crippen LogP contribution in [0.4, 0.5) is 5.69 Å². The zero-order chi connectivity index (χ0) is 10.8. The third-order valence-corrected chi connectivity index (χ3v) is 2.73. The minimum absolute atomic E-state index is 0.297. The Morgan fingerprint density at radius 3 is 3.07 bits per heavy atom. The zero-order valence-corrected chi connectivity index (χ0v) is 8.97. The van der Waals surface area contributed by atoms with Crippen LogP contribution in [0.15, 0.2) is 29.0 Å². The molecule has 2 rings (SSSR count). The maximum Gasteiger partial charge on any atom is 0.227 e. The fourth-order valence-corrected chi connectivity index (χ4v) is 1.56. The molecule has 2 N–H and O–H groups in total. The molecule has 15 heavy (non-hydrogen) atoms. The van der Waals surface area contributed by atoms with Crippen LogP contribution in [0.1, 0.15) is 6.92 Å². The van der Waals surface area contributed by atoms with E-state index in [4.69, 9.17) is 10.2 Å². The number of aromatic nitrogens is 1. The number of anilines is 1. The lowest BCUT2D eigenvalue weighted by Crippen LogP contribution is -2.35. The first-order chi connectivity index (χ1) is 7.24. The number of nitrogens with zero attached hydrogens (tertiary/aromatic N) is 2. The number of nitrogens with two attached hydrogens (primary N) is 1.